The minimum Gasteiger partial charge on any atom is -0.306 e. The molecule has 0 spiro atoms. The highest BCUT2D eigenvalue weighted by Gasteiger charge is 2.12. The van der Waals surface area contributed by atoms with E-state index in [1.807, 2.05) is 0 Å². The molecule has 1 N–H and O–H groups in total. The van der Waals surface area contributed by atoms with Crippen molar-refractivity contribution >= 4 is 34.9 Å². The number of halogens is 2. The predicted molar refractivity (Wildman–Crippen MR) is 81.4 cm³/mol. The lowest BCUT2D eigenvalue weighted by atomic mass is 10.2. The maximum absolute atomic E-state index is 12.2. The lowest BCUT2D eigenvalue weighted by Gasteiger charge is -2.07. The first-order chi connectivity index (χ1) is 10.6. The van der Waals surface area contributed by atoms with Crippen LogP contribution in [0, 0.1) is 0 Å². The summed E-state index contributed by atoms with van der Waals surface area (Å²) in [6.07, 6.45) is 4.19. The Morgan fingerprint density at radius 2 is 2.00 bits per heavy atom. The highest BCUT2D eigenvalue weighted by Crippen LogP contribution is 2.21. The summed E-state index contributed by atoms with van der Waals surface area (Å²) in [4.78, 5) is 24.1. The fraction of sp³-hybridized carbons (Fsp3) is 0. The molecule has 0 bridgehead atoms. The third-order valence-electron chi connectivity index (χ3n) is 2.72. The van der Waals surface area contributed by atoms with Crippen LogP contribution in [0.3, 0.4) is 0 Å². The number of anilines is 1. The van der Waals surface area contributed by atoms with Crippen molar-refractivity contribution in [2.24, 2.45) is 0 Å². The Hall–Kier alpha value is -2.51. The topological polar surface area (TPSA) is 85.6 Å². The number of hydrogen-bond donors (Lipinski definition) is 1. The van der Waals surface area contributed by atoms with Crippen LogP contribution in [0.2, 0.25) is 10.0 Å². The third-order valence-corrected chi connectivity index (χ3v) is 3.27. The van der Waals surface area contributed by atoms with Gasteiger partial charge in [-0.2, -0.15) is 5.10 Å². The average Bonchev–Trinajstić information content (AvgIpc) is 3.01. The summed E-state index contributed by atoms with van der Waals surface area (Å²) in [7, 11) is 0. The zero-order valence-corrected chi connectivity index (χ0v) is 12.5. The van der Waals surface area contributed by atoms with Crippen molar-refractivity contribution in [2.75, 3.05) is 5.32 Å². The molecular formula is C13H8Cl2N6O. The maximum atomic E-state index is 12.2. The van der Waals surface area contributed by atoms with Crippen LogP contribution in [0.15, 0.2) is 43.2 Å². The number of amides is 1. The smallest absolute Gasteiger partial charge is 0.258 e. The Balaban J connectivity index is 1.84. The molecule has 3 rings (SSSR count). The molecule has 0 saturated carbocycles. The Morgan fingerprint density at radius 1 is 1.14 bits per heavy atom. The van der Waals surface area contributed by atoms with Gasteiger partial charge in [-0.3, -0.25) is 4.79 Å². The standard InChI is InChI=1S/C13H8Cl2N6O/c14-8-1-2-9(10(15)3-8)13(22)20-11-4-12(18-6-17-11)21-7-16-5-19-21/h1-7H,(H,17,18,20,22). The molecule has 7 nitrogen and oxygen atoms in total. The first-order valence-corrected chi connectivity index (χ1v) is 6.82. The van der Waals surface area contributed by atoms with Crippen LogP contribution >= 0.6 is 23.2 Å². The van der Waals surface area contributed by atoms with Gasteiger partial charge in [0.15, 0.2) is 5.82 Å². The Morgan fingerprint density at radius 3 is 2.73 bits per heavy atom. The molecule has 0 unspecified atom stereocenters. The van der Waals surface area contributed by atoms with E-state index in [0.717, 1.165) is 0 Å². The van der Waals surface area contributed by atoms with Crippen molar-refractivity contribution in [1.29, 1.82) is 0 Å². The number of hydrogen-bond acceptors (Lipinski definition) is 5. The summed E-state index contributed by atoms with van der Waals surface area (Å²) in [5.74, 6) is 0.395. The summed E-state index contributed by atoms with van der Waals surface area (Å²) in [5.41, 5.74) is 0.298. The van der Waals surface area contributed by atoms with Crippen LogP contribution in [0.5, 0.6) is 0 Å². The van der Waals surface area contributed by atoms with Crippen LogP contribution in [-0.4, -0.2) is 30.6 Å². The largest absolute Gasteiger partial charge is 0.306 e. The molecule has 0 atom stereocenters. The molecule has 2 heterocycles. The maximum Gasteiger partial charge on any atom is 0.258 e. The van der Waals surface area contributed by atoms with Gasteiger partial charge < -0.3 is 5.32 Å². The molecule has 1 amide bonds. The molecule has 1 aromatic carbocycles. The second-order valence-electron chi connectivity index (χ2n) is 4.18. The number of nitrogens with zero attached hydrogens (tertiary/aromatic N) is 5. The molecule has 0 aliphatic heterocycles. The molecule has 22 heavy (non-hydrogen) atoms. The molecule has 0 aliphatic rings. The predicted octanol–water partition coefficient (Wildman–Crippen LogP) is 2.62. The van der Waals surface area contributed by atoms with E-state index in [1.165, 1.54) is 29.7 Å². The summed E-state index contributed by atoms with van der Waals surface area (Å²) >= 11 is 11.8. The molecular weight excluding hydrogens is 327 g/mol. The molecule has 110 valence electrons. The minimum atomic E-state index is -0.398. The van der Waals surface area contributed by atoms with E-state index in [9.17, 15) is 4.79 Å². The van der Waals surface area contributed by atoms with E-state index in [4.69, 9.17) is 23.2 Å². The second-order valence-corrected chi connectivity index (χ2v) is 5.02. The molecule has 0 radical (unpaired) electrons. The number of carbonyl (C=O) groups excluding carboxylic acids is 1. The monoisotopic (exact) mass is 334 g/mol. The molecule has 0 aliphatic carbocycles. The van der Waals surface area contributed by atoms with Gasteiger partial charge in [0.2, 0.25) is 0 Å². The number of rotatable bonds is 3. The van der Waals surface area contributed by atoms with E-state index < -0.39 is 5.91 Å². The fourth-order valence-electron chi connectivity index (χ4n) is 1.72. The van der Waals surface area contributed by atoms with Gasteiger partial charge in [0.25, 0.3) is 5.91 Å². The number of aromatic nitrogens is 5. The minimum absolute atomic E-state index is 0.260. The van der Waals surface area contributed by atoms with Gasteiger partial charge in [0.1, 0.15) is 24.8 Å². The van der Waals surface area contributed by atoms with Crippen LogP contribution in [0.25, 0.3) is 5.82 Å². The SMILES string of the molecule is O=C(Nc1cc(-n2cncn2)ncn1)c1ccc(Cl)cc1Cl. The highest BCUT2D eigenvalue weighted by atomic mass is 35.5. The van der Waals surface area contributed by atoms with Gasteiger partial charge in [-0.15, -0.1) is 0 Å². The quantitative estimate of drug-likeness (QED) is 0.795. The fourth-order valence-corrected chi connectivity index (χ4v) is 2.22. The van der Waals surface area contributed by atoms with Crippen LogP contribution < -0.4 is 5.32 Å². The lowest BCUT2D eigenvalue weighted by Crippen LogP contribution is -2.14. The van der Waals surface area contributed by atoms with Crippen LogP contribution in [-0.2, 0) is 0 Å². The number of nitrogens with one attached hydrogen (secondary N) is 1. The van der Waals surface area contributed by atoms with Gasteiger partial charge >= 0.3 is 0 Å². The van der Waals surface area contributed by atoms with Crippen molar-refractivity contribution < 1.29 is 4.79 Å². The van der Waals surface area contributed by atoms with Gasteiger partial charge in [-0.05, 0) is 18.2 Å². The van der Waals surface area contributed by atoms with Gasteiger partial charge in [-0.25, -0.2) is 19.6 Å². The van der Waals surface area contributed by atoms with Crippen molar-refractivity contribution in [3.05, 3.63) is 58.9 Å². The lowest BCUT2D eigenvalue weighted by molar-refractivity contribution is 0.102. The Bertz CT molecular complexity index is 821. The Labute approximate surface area is 134 Å². The Kier molecular flexibility index (Phi) is 3.99. The van der Waals surface area contributed by atoms with Gasteiger partial charge in [0, 0.05) is 11.1 Å². The average molecular weight is 335 g/mol. The summed E-state index contributed by atoms with van der Waals surface area (Å²) in [5, 5.41) is 7.31. The zero-order valence-electron chi connectivity index (χ0n) is 10.9. The van der Waals surface area contributed by atoms with Crippen LogP contribution in [0.1, 0.15) is 10.4 Å². The van der Waals surface area contributed by atoms with Crippen molar-refractivity contribution in [3.63, 3.8) is 0 Å². The van der Waals surface area contributed by atoms with E-state index in [1.54, 1.807) is 18.2 Å². The van der Waals surface area contributed by atoms with E-state index in [-0.39, 0.29) is 5.02 Å². The van der Waals surface area contributed by atoms with Crippen molar-refractivity contribution in [3.8, 4) is 5.82 Å². The third kappa shape index (κ3) is 3.05. The highest BCUT2D eigenvalue weighted by molar-refractivity contribution is 6.37. The van der Waals surface area contributed by atoms with E-state index >= 15 is 0 Å². The van der Waals surface area contributed by atoms with Crippen LogP contribution in [0.4, 0.5) is 5.82 Å². The van der Waals surface area contributed by atoms with Gasteiger partial charge in [0.05, 0.1) is 10.6 Å². The van der Waals surface area contributed by atoms with E-state index in [0.29, 0.717) is 22.2 Å². The second kappa shape index (κ2) is 6.08. The summed E-state index contributed by atoms with van der Waals surface area (Å²) < 4.78 is 1.45. The normalized spacial score (nSPS) is 10.5. The first-order valence-electron chi connectivity index (χ1n) is 6.07. The molecule has 9 heteroatoms. The van der Waals surface area contributed by atoms with E-state index in [2.05, 4.69) is 25.4 Å². The summed E-state index contributed by atoms with van der Waals surface area (Å²) in [6.45, 7) is 0. The van der Waals surface area contributed by atoms with Crippen molar-refractivity contribution in [1.82, 2.24) is 24.7 Å². The number of benzene rings is 1. The zero-order chi connectivity index (χ0) is 15.5. The summed E-state index contributed by atoms with van der Waals surface area (Å²) in [6, 6.07) is 6.19. The molecule has 0 saturated heterocycles. The molecule has 0 fully saturated rings. The first kappa shape index (κ1) is 14.4. The van der Waals surface area contributed by atoms with Gasteiger partial charge in [-0.1, -0.05) is 23.2 Å². The number of carbonyl (C=O) groups is 1. The van der Waals surface area contributed by atoms with Crippen molar-refractivity contribution in [2.45, 2.75) is 0 Å². The molecule has 2 aromatic heterocycles. The molecule has 3 aromatic rings.